The second-order valence-electron chi connectivity index (χ2n) is 4.24. The summed E-state index contributed by atoms with van der Waals surface area (Å²) in [6, 6.07) is 0.690. The summed E-state index contributed by atoms with van der Waals surface area (Å²) >= 11 is 4.95. The van der Waals surface area contributed by atoms with E-state index in [1.165, 1.54) is 25.8 Å². The van der Waals surface area contributed by atoms with E-state index < -0.39 is 0 Å². The molecule has 1 rings (SSSR count). The average Bonchev–Trinajstić information content (AvgIpc) is 2.03. The van der Waals surface area contributed by atoms with Gasteiger partial charge in [0, 0.05) is 12.6 Å². The van der Waals surface area contributed by atoms with E-state index >= 15 is 0 Å². The van der Waals surface area contributed by atoms with Crippen LogP contribution < -0.4 is 5.73 Å². The van der Waals surface area contributed by atoms with Crippen molar-refractivity contribution in [1.29, 1.82) is 0 Å². The number of hydrogen-bond donors (Lipinski definition) is 1. The van der Waals surface area contributed by atoms with Crippen molar-refractivity contribution in [2.24, 2.45) is 11.7 Å². The molecule has 76 valence electrons. The van der Waals surface area contributed by atoms with Crippen LogP contribution in [0.5, 0.6) is 0 Å². The Morgan fingerprint density at radius 1 is 1.54 bits per heavy atom. The van der Waals surface area contributed by atoms with Gasteiger partial charge >= 0.3 is 0 Å². The van der Waals surface area contributed by atoms with Gasteiger partial charge in [-0.2, -0.15) is 0 Å². The Morgan fingerprint density at radius 3 is 2.77 bits per heavy atom. The number of rotatable bonds is 3. The first-order valence-electron chi connectivity index (χ1n) is 5.13. The number of nitrogens with zero attached hydrogens (tertiary/aromatic N) is 1. The third-order valence-electron chi connectivity index (χ3n) is 2.79. The maximum atomic E-state index is 5.58. The minimum Gasteiger partial charge on any atom is -0.392 e. The van der Waals surface area contributed by atoms with E-state index in [1.807, 2.05) is 0 Å². The monoisotopic (exact) mass is 200 g/mol. The third-order valence-corrected chi connectivity index (χ3v) is 2.92. The molecule has 0 radical (unpaired) electrons. The van der Waals surface area contributed by atoms with Crippen LogP contribution in [0.4, 0.5) is 0 Å². The minimum absolute atomic E-state index is 0.632. The Hall–Kier alpha value is -0.150. The second-order valence-corrected chi connectivity index (χ2v) is 4.77. The molecule has 2 N–H and O–H groups in total. The van der Waals surface area contributed by atoms with Crippen LogP contribution in [0.1, 0.15) is 33.1 Å². The van der Waals surface area contributed by atoms with Crippen molar-refractivity contribution >= 4 is 17.2 Å². The molecule has 0 amide bonds. The third kappa shape index (κ3) is 3.24. The molecule has 2 nitrogen and oxygen atoms in total. The van der Waals surface area contributed by atoms with Crippen LogP contribution in [-0.2, 0) is 0 Å². The number of nitrogens with two attached hydrogens (primary N) is 1. The number of hydrogen-bond acceptors (Lipinski definition) is 2. The molecule has 1 unspecified atom stereocenters. The zero-order valence-electron chi connectivity index (χ0n) is 8.62. The Kier molecular flexibility index (Phi) is 4.13. The first-order valence-corrected chi connectivity index (χ1v) is 5.54. The van der Waals surface area contributed by atoms with Crippen molar-refractivity contribution in [3.63, 3.8) is 0 Å². The summed E-state index contributed by atoms with van der Waals surface area (Å²) in [5, 5.41) is 0. The lowest BCUT2D eigenvalue weighted by Gasteiger charge is -2.37. The lowest BCUT2D eigenvalue weighted by Crippen LogP contribution is -2.46. The summed E-state index contributed by atoms with van der Waals surface area (Å²) < 4.78 is 0. The zero-order valence-corrected chi connectivity index (χ0v) is 9.44. The minimum atomic E-state index is 0.632. The highest BCUT2D eigenvalue weighted by molar-refractivity contribution is 7.80. The molecule has 0 aromatic rings. The number of thiocarbonyl (C=S) groups is 1. The molecular weight excluding hydrogens is 180 g/mol. The Balaban J connectivity index is 2.51. The molecule has 13 heavy (non-hydrogen) atoms. The highest BCUT2D eigenvalue weighted by Gasteiger charge is 2.24. The van der Waals surface area contributed by atoms with Crippen LogP contribution in [0.25, 0.3) is 0 Å². The predicted molar refractivity (Wildman–Crippen MR) is 60.8 cm³/mol. The fraction of sp³-hybridized carbons (Fsp3) is 0.900. The fourth-order valence-corrected chi connectivity index (χ4v) is 2.33. The molecule has 3 heteroatoms. The lowest BCUT2D eigenvalue weighted by atomic mass is 9.93. The largest absolute Gasteiger partial charge is 0.392 e. The summed E-state index contributed by atoms with van der Waals surface area (Å²) in [7, 11) is 0. The molecule has 1 saturated heterocycles. The molecule has 0 spiro atoms. The normalized spacial score (nSPS) is 25.0. The highest BCUT2D eigenvalue weighted by Crippen LogP contribution is 2.22. The number of likely N-dealkylation sites (tertiary alicyclic amines) is 1. The predicted octanol–water partition coefficient (Wildman–Crippen LogP) is 1.78. The lowest BCUT2D eigenvalue weighted by molar-refractivity contribution is 0.131. The van der Waals surface area contributed by atoms with Gasteiger partial charge < -0.3 is 5.73 Å². The molecule has 0 saturated carbocycles. The highest BCUT2D eigenvalue weighted by atomic mass is 32.1. The van der Waals surface area contributed by atoms with Gasteiger partial charge in [-0.3, -0.25) is 4.90 Å². The number of piperidine rings is 1. The second kappa shape index (κ2) is 4.91. The quantitative estimate of drug-likeness (QED) is 0.704. The summed E-state index contributed by atoms with van der Waals surface area (Å²) in [4.78, 5) is 3.07. The SMILES string of the molecule is CC(C)C1CCCCN1CC(N)=S. The first-order chi connectivity index (χ1) is 6.11. The molecule has 1 atom stereocenters. The summed E-state index contributed by atoms with van der Waals surface area (Å²) in [5.74, 6) is 0.717. The van der Waals surface area contributed by atoms with Gasteiger partial charge in [0.15, 0.2) is 0 Å². The molecule has 1 aliphatic heterocycles. The fourth-order valence-electron chi connectivity index (χ4n) is 2.17. The van der Waals surface area contributed by atoms with Gasteiger partial charge in [0.1, 0.15) is 0 Å². The molecule has 0 aromatic carbocycles. The standard InChI is InChI=1S/C10H20N2S/c1-8(2)9-5-3-4-6-12(9)7-10(11)13/h8-9H,3-7H2,1-2H3,(H2,11,13). The molecular formula is C10H20N2S. The van der Waals surface area contributed by atoms with Gasteiger partial charge in [0.25, 0.3) is 0 Å². The Morgan fingerprint density at radius 2 is 2.23 bits per heavy atom. The van der Waals surface area contributed by atoms with E-state index in [-0.39, 0.29) is 0 Å². The smallest absolute Gasteiger partial charge is 0.0870 e. The van der Waals surface area contributed by atoms with E-state index in [0.29, 0.717) is 11.0 Å². The van der Waals surface area contributed by atoms with Gasteiger partial charge in [-0.15, -0.1) is 0 Å². The topological polar surface area (TPSA) is 29.3 Å². The van der Waals surface area contributed by atoms with Gasteiger partial charge in [-0.05, 0) is 25.3 Å². The summed E-state index contributed by atoms with van der Waals surface area (Å²) in [6.45, 7) is 6.53. The van der Waals surface area contributed by atoms with E-state index in [0.717, 1.165) is 12.5 Å². The van der Waals surface area contributed by atoms with Gasteiger partial charge in [-0.25, -0.2) is 0 Å². The van der Waals surface area contributed by atoms with E-state index in [4.69, 9.17) is 18.0 Å². The van der Waals surface area contributed by atoms with Crippen LogP contribution in [0.15, 0.2) is 0 Å². The zero-order chi connectivity index (χ0) is 9.84. The van der Waals surface area contributed by atoms with Crippen molar-refractivity contribution in [3.05, 3.63) is 0 Å². The van der Waals surface area contributed by atoms with E-state index in [1.54, 1.807) is 0 Å². The first kappa shape index (κ1) is 10.9. The van der Waals surface area contributed by atoms with Crippen molar-refractivity contribution < 1.29 is 0 Å². The molecule has 1 heterocycles. The van der Waals surface area contributed by atoms with Crippen LogP contribution in [-0.4, -0.2) is 29.0 Å². The molecule has 1 aliphatic rings. The van der Waals surface area contributed by atoms with Crippen molar-refractivity contribution in [2.75, 3.05) is 13.1 Å². The molecule has 0 aliphatic carbocycles. The van der Waals surface area contributed by atoms with E-state index in [2.05, 4.69) is 18.7 Å². The maximum Gasteiger partial charge on any atom is 0.0870 e. The van der Waals surface area contributed by atoms with E-state index in [9.17, 15) is 0 Å². The maximum absolute atomic E-state index is 5.58. The Bertz CT molecular complexity index is 180. The van der Waals surface area contributed by atoms with Gasteiger partial charge in [0.2, 0.25) is 0 Å². The van der Waals surface area contributed by atoms with Crippen LogP contribution >= 0.6 is 12.2 Å². The van der Waals surface area contributed by atoms with Crippen molar-refractivity contribution in [3.8, 4) is 0 Å². The summed E-state index contributed by atoms with van der Waals surface area (Å²) in [5.41, 5.74) is 5.58. The van der Waals surface area contributed by atoms with Gasteiger partial charge in [-0.1, -0.05) is 32.5 Å². The van der Waals surface area contributed by atoms with Crippen LogP contribution in [0.2, 0.25) is 0 Å². The van der Waals surface area contributed by atoms with Crippen LogP contribution in [0.3, 0.4) is 0 Å². The average molecular weight is 200 g/mol. The van der Waals surface area contributed by atoms with Crippen molar-refractivity contribution in [2.45, 2.75) is 39.2 Å². The Labute approximate surface area is 86.5 Å². The van der Waals surface area contributed by atoms with Gasteiger partial charge in [0.05, 0.1) is 4.99 Å². The summed E-state index contributed by atoms with van der Waals surface area (Å²) in [6.07, 6.45) is 3.96. The van der Waals surface area contributed by atoms with Crippen molar-refractivity contribution in [1.82, 2.24) is 4.90 Å². The molecule has 0 bridgehead atoms. The molecule has 0 aromatic heterocycles. The van der Waals surface area contributed by atoms with Crippen LogP contribution in [0, 0.1) is 5.92 Å². The molecule has 1 fully saturated rings.